The van der Waals surface area contributed by atoms with Crippen LogP contribution in [-0.4, -0.2) is 22.4 Å². The molecule has 0 spiro atoms. The summed E-state index contributed by atoms with van der Waals surface area (Å²) >= 11 is 0. The van der Waals surface area contributed by atoms with Crippen molar-refractivity contribution in [2.75, 3.05) is 11.9 Å². The first-order valence-electron chi connectivity index (χ1n) is 7.15. The lowest BCUT2D eigenvalue weighted by Gasteiger charge is -2.08. The molecule has 0 unspecified atom stereocenters. The van der Waals surface area contributed by atoms with Crippen LogP contribution >= 0.6 is 0 Å². The van der Waals surface area contributed by atoms with Gasteiger partial charge in [0.2, 0.25) is 0 Å². The number of amides is 1. The van der Waals surface area contributed by atoms with Crippen molar-refractivity contribution >= 4 is 11.6 Å². The molecule has 2 rings (SSSR count). The first-order chi connectivity index (χ1) is 10.3. The monoisotopic (exact) mass is 284 g/mol. The molecular weight excluding hydrogens is 264 g/mol. The Balaban J connectivity index is 1.91. The van der Waals surface area contributed by atoms with Crippen molar-refractivity contribution in [3.63, 3.8) is 0 Å². The Kier molecular flexibility index (Phi) is 5.70. The summed E-state index contributed by atoms with van der Waals surface area (Å²) in [5.41, 5.74) is 2.40. The Hall–Kier alpha value is -2.43. The van der Waals surface area contributed by atoms with Crippen molar-refractivity contribution < 1.29 is 4.79 Å². The Morgan fingerprint density at radius 1 is 1.24 bits per heavy atom. The molecule has 1 amide bonds. The smallest absolute Gasteiger partial charge is 0.253 e. The zero-order valence-electron chi connectivity index (χ0n) is 12.2. The van der Waals surface area contributed by atoms with Crippen LogP contribution in [0.15, 0.2) is 43.0 Å². The molecule has 0 aliphatic heterocycles. The number of nitrogens with zero attached hydrogens (tertiary/aromatic N) is 2. The lowest BCUT2D eigenvalue weighted by Crippen LogP contribution is -2.23. The molecule has 0 bridgehead atoms. The number of aromatic nitrogens is 2. The summed E-state index contributed by atoms with van der Waals surface area (Å²) in [6, 6.07) is 5.59. The number of rotatable bonds is 7. The Morgan fingerprint density at radius 2 is 2.14 bits per heavy atom. The summed E-state index contributed by atoms with van der Waals surface area (Å²) in [6.07, 6.45) is 8.97. The summed E-state index contributed by atoms with van der Waals surface area (Å²) in [7, 11) is 0. The SMILES string of the molecule is CCCCNc1cncc(C(=O)NCc2cccnc2)c1. The van der Waals surface area contributed by atoms with E-state index in [2.05, 4.69) is 27.5 Å². The van der Waals surface area contributed by atoms with E-state index in [4.69, 9.17) is 0 Å². The molecule has 5 nitrogen and oxygen atoms in total. The highest BCUT2D eigenvalue weighted by Crippen LogP contribution is 2.09. The molecule has 5 heteroatoms. The molecule has 0 aliphatic rings. The fourth-order valence-corrected chi connectivity index (χ4v) is 1.86. The maximum Gasteiger partial charge on any atom is 0.253 e. The number of anilines is 1. The van der Waals surface area contributed by atoms with Gasteiger partial charge >= 0.3 is 0 Å². The summed E-state index contributed by atoms with van der Waals surface area (Å²) in [5, 5.41) is 6.13. The Bertz CT molecular complexity index is 571. The molecule has 2 aromatic rings. The normalized spacial score (nSPS) is 10.1. The van der Waals surface area contributed by atoms with Crippen molar-refractivity contribution in [1.29, 1.82) is 0 Å². The highest BCUT2D eigenvalue weighted by atomic mass is 16.1. The highest BCUT2D eigenvalue weighted by Gasteiger charge is 2.06. The van der Waals surface area contributed by atoms with Crippen molar-refractivity contribution in [2.45, 2.75) is 26.3 Å². The predicted octanol–water partition coefficient (Wildman–Crippen LogP) is 2.62. The molecule has 0 atom stereocenters. The van der Waals surface area contributed by atoms with Crippen LogP contribution in [0.1, 0.15) is 35.7 Å². The third-order valence-electron chi connectivity index (χ3n) is 3.04. The van der Waals surface area contributed by atoms with Crippen LogP contribution in [0.3, 0.4) is 0 Å². The number of carbonyl (C=O) groups is 1. The van der Waals surface area contributed by atoms with E-state index in [0.717, 1.165) is 30.6 Å². The molecule has 0 radical (unpaired) electrons. The van der Waals surface area contributed by atoms with E-state index in [0.29, 0.717) is 12.1 Å². The van der Waals surface area contributed by atoms with E-state index >= 15 is 0 Å². The van der Waals surface area contributed by atoms with Gasteiger partial charge in [-0.25, -0.2) is 0 Å². The average Bonchev–Trinajstić information content (AvgIpc) is 2.54. The fraction of sp³-hybridized carbons (Fsp3) is 0.312. The van der Waals surface area contributed by atoms with Gasteiger partial charge in [0, 0.05) is 37.9 Å². The number of nitrogens with one attached hydrogen (secondary N) is 2. The Morgan fingerprint density at radius 3 is 2.90 bits per heavy atom. The molecule has 2 heterocycles. The van der Waals surface area contributed by atoms with E-state index in [1.54, 1.807) is 24.8 Å². The minimum absolute atomic E-state index is 0.134. The number of unbranched alkanes of at least 4 members (excludes halogenated alkanes) is 1. The molecule has 0 aliphatic carbocycles. The lowest BCUT2D eigenvalue weighted by molar-refractivity contribution is 0.0950. The third kappa shape index (κ3) is 4.87. The van der Waals surface area contributed by atoms with E-state index in [1.807, 2.05) is 18.2 Å². The largest absolute Gasteiger partial charge is 0.384 e. The van der Waals surface area contributed by atoms with Crippen LogP contribution in [0.2, 0.25) is 0 Å². The standard InChI is InChI=1S/C16H20N4O/c1-2-3-7-19-15-8-14(11-18-12-15)16(21)20-10-13-5-4-6-17-9-13/h4-6,8-9,11-12,19H,2-3,7,10H2,1H3,(H,20,21). The first kappa shape index (κ1) is 15.0. The minimum Gasteiger partial charge on any atom is -0.384 e. The second-order valence-electron chi connectivity index (χ2n) is 4.79. The van der Waals surface area contributed by atoms with Gasteiger partial charge in [-0.2, -0.15) is 0 Å². The highest BCUT2D eigenvalue weighted by molar-refractivity contribution is 5.94. The van der Waals surface area contributed by atoms with Gasteiger partial charge in [-0.3, -0.25) is 14.8 Å². The van der Waals surface area contributed by atoms with Gasteiger partial charge in [0.05, 0.1) is 11.3 Å². The van der Waals surface area contributed by atoms with Gasteiger partial charge < -0.3 is 10.6 Å². The van der Waals surface area contributed by atoms with Crippen molar-refractivity contribution in [3.05, 3.63) is 54.1 Å². The zero-order chi connectivity index (χ0) is 14.9. The van der Waals surface area contributed by atoms with Gasteiger partial charge in [0.25, 0.3) is 5.91 Å². The van der Waals surface area contributed by atoms with Crippen LogP contribution < -0.4 is 10.6 Å². The molecule has 0 saturated heterocycles. The fourth-order valence-electron chi connectivity index (χ4n) is 1.86. The van der Waals surface area contributed by atoms with E-state index in [1.165, 1.54) is 0 Å². The number of hydrogen-bond acceptors (Lipinski definition) is 4. The minimum atomic E-state index is -0.134. The van der Waals surface area contributed by atoms with Crippen molar-refractivity contribution in [2.24, 2.45) is 0 Å². The summed E-state index contributed by atoms with van der Waals surface area (Å²) in [4.78, 5) is 20.2. The van der Waals surface area contributed by atoms with Gasteiger partial charge in [0.15, 0.2) is 0 Å². The van der Waals surface area contributed by atoms with Crippen LogP contribution in [0.25, 0.3) is 0 Å². The topological polar surface area (TPSA) is 66.9 Å². The van der Waals surface area contributed by atoms with Crippen LogP contribution in [-0.2, 0) is 6.54 Å². The zero-order valence-corrected chi connectivity index (χ0v) is 12.2. The van der Waals surface area contributed by atoms with Gasteiger partial charge in [-0.15, -0.1) is 0 Å². The number of hydrogen-bond donors (Lipinski definition) is 2. The predicted molar refractivity (Wildman–Crippen MR) is 83.0 cm³/mol. The Labute approximate surface area is 124 Å². The summed E-state index contributed by atoms with van der Waals surface area (Å²) < 4.78 is 0. The average molecular weight is 284 g/mol. The molecule has 21 heavy (non-hydrogen) atoms. The van der Waals surface area contributed by atoms with E-state index < -0.39 is 0 Å². The van der Waals surface area contributed by atoms with E-state index in [-0.39, 0.29) is 5.91 Å². The number of pyridine rings is 2. The molecule has 2 aromatic heterocycles. The maximum atomic E-state index is 12.1. The van der Waals surface area contributed by atoms with Crippen LogP contribution in [0.5, 0.6) is 0 Å². The molecule has 2 N–H and O–H groups in total. The second-order valence-corrected chi connectivity index (χ2v) is 4.79. The summed E-state index contributed by atoms with van der Waals surface area (Å²) in [6.45, 7) is 3.49. The molecular formula is C16H20N4O. The number of carbonyl (C=O) groups excluding carboxylic acids is 1. The van der Waals surface area contributed by atoms with Gasteiger partial charge in [0.1, 0.15) is 0 Å². The van der Waals surface area contributed by atoms with Crippen LogP contribution in [0, 0.1) is 0 Å². The maximum absolute atomic E-state index is 12.1. The lowest BCUT2D eigenvalue weighted by atomic mass is 10.2. The molecule has 110 valence electrons. The van der Waals surface area contributed by atoms with Gasteiger partial charge in [-0.05, 0) is 24.1 Å². The van der Waals surface area contributed by atoms with Crippen molar-refractivity contribution in [3.8, 4) is 0 Å². The molecule has 0 aromatic carbocycles. The molecule has 0 fully saturated rings. The summed E-state index contributed by atoms with van der Waals surface area (Å²) in [5.74, 6) is -0.134. The molecule has 0 saturated carbocycles. The van der Waals surface area contributed by atoms with E-state index in [9.17, 15) is 4.79 Å². The first-order valence-corrected chi connectivity index (χ1v) is 7.15. The third-order valence-corrected chi connectivity index (χ3v) is 3.04. The quantitative estimate of drug-likeness (QED) is 0.767. The van der Waals surface area contributed by atoms with Gasteiger partial charge in [-0.1, -0.05) is 19.4 Å². The van der Waals surface area contributed by atoms with Crippen molar-refractivity contribution in [1.82, 2.24) is 15.3 Å². The second kappa shape index (κ2) is 7.99. The van der Waals surface area contributed by atoms with Crippen LogP contribution in [0.4, 0.5) is 5.69 Å².